The smallest absolute Gasteiger partial charge is 0.326 e. The van der Waals surface area contributed by atoms with Crippen molar-refractivity contribution < 1.29 is 14.7 Å². The SMILES string of the molecule is CCCC(CCC)C(=O)N1CCCC[C@H]1C(=O)O. The number of carbonyl (C=O) groups is 2. The lowest BCUT2D eigenvalue weighted by Crippen LogP contribution is -2.50. The molecule has 104 valence electrons. The van der Waals surface area contributed by atoms with E-state index in [-0.39, 0.29) is 11.8 Å². The Balaban J connectivity index is 2.73. The molecule has 4 heteroatoms. The van der Waals surface area contributed by atoms with E-state index >= 15 is 0 Å². The van der Waals surface area contributed by atoms with Gasteiger partial charge in [-0.05, 0) is 32.1 Å². The number of nitrogens with zero attached hydrogens (tertiary/aromatic N) is 1. The van der Waals surface area contributed by atoms with Gasteiger partial charge in [0.25, 0.3) is 0 Å². The highest BCUT2D eigenvalue weighted by Crippen LogP contribution is 2.23. The summed E-state index contributed by atoms with van der Waals surface area (Å²) in [5.74, 6) is -0.777. The van der Waals surface area contributed by atoms with Crippen LogP contribution in [0.2, 0.25) is 0 Å². The van der Waals surface area contributed by atoms with E-state index in [0.717, 1.165) is 38.5 Å². The second-order valence-electron chi connectivity index (χ2n) is 5.16. The van der Waals surface area contributed by atoms with Crippen molar-refractivity contribution in [3.8, 4) is 0 Å². The number of rotatable bonds is 6. The number of likely N-dealkylation sites (tertiary alicyclic amines) is 1. The number of carbonyl (C=O) groups excluding carboxylic acids is 1. The van der Waals surface area contributed by atoms with Gasteiger partial charge in [-0.2, -0.15) is 0 Å². The molecule has 0 saturated carbocycles. The lowest BCUT2D eigenvalue weighted by atomic mass is 9.93. The zero-order valence-electron chi connectivity index (χ0n) is 11.5. The van der Waals surface area contributed by atoms with Gasteiger partial charge < -0.3 is 10.0 Å². The van der Waals surface area contributed by atoms with Crippen LogP contribution >= 0.6 is 0 Å². The highest BCUT2D eigenvalue weighted by molar-refractivity contribution is 5.85. The second-order valence-corrected chi connectivity index (χ2v) is 5.16. The monoisotopic (exact) mass is 255 g/mol. The van der Waals surface area contributed by atoms with Gasteiger partial charge in [0.2, 0.25) is 5.91 Å². The van der Waals surface area contributed by atoms with Crippen LogP contribution in [-0.4, -0.2) is 34.5 Å². The summed E-state index contributed by atoms with van der Waals surface area (Å²) in [7, 11) is 0. The maximum atomic E-state index is 12.5. The molecule has 1 saturated heterocycles. The van der Waals surface area contributed by atoms with Crippen LogP contribution in [0.4, 0.5) is 0 Å². The molecule has 1 N–H and O–H groups in total. The molecular formula is C14H25NO3. The summed E-state index contributed by atoms with van der Waals surface area (Å²) in [4.78, 5) is 25.3. The summed E-state index contributed by atoms with van der Waals surface area (Å²) in [6.45, 7) is 4.75. The predicted molar refractivity (Wildman–Crippen MR) is 70.3 cm³/mol. The first kappa shape index (κ1) is 15.0. The van der Waals surface area contributed by atoms with E-state index in [1.165, 1.54) is 0 Å². The van der Waals surface area contributed by atoms with E-state index in [2.05, 4.69) is 13.8 Å². The van der Waals surface area contributed by atoms with Gasteiger partial charge in [-0.15, -0.1) is 0 Å². The van der Waals surface area contributed by atoms with Gasteiger partial charge in [-0.3, -0.25) is 4.79 Å². The molecule has 0 spiro atoms. The summed E-state index contributed by atoms with van der Waals surface area (Å²) in [5, 5.41) is 9.21. The molecule has 0 aromatic rings. The van der Waals surface area contributed by atoms with Crippen LogP contribution < -0.4 is 0 Å². The van der Waals surface area contributed by atoms with Gasteiger partial charge in [0.15, 0.2) is 0 Å². The molecule has 1 rings (SSSR count). The maximum absolute atomic E-state index is 12.5. The lowest BCUT2D eigenvalue weighted by molar-refractivity contribution is -0.154. The molecule has 0 bridgehead atoms. The minimum absolute atomic E-state index is 0.0138. The van der Waals surface area contributed by atoms with Crippen molar-refractivity contribution in [2.24, 2.45) is 5.92 Å². The highest BCUT2D eigenvalue weighted by Gasteiger charge is 2.34. The third-order valence-electron chi connectivity index (χ3n) is 3.69. The van der Waals surface area contributed by atoms with Crippen molar-refractivity contribution in [2.45, 2.75) is 64.8 Å². The van der Waals surface area contributed by atoms with Crippen molar-refractivity contribution in [3.63, 3.8) is 0 Å². The van der Waals surface area contributed by atoms with Gasteiger partial charge in [0.1, 0.15) is 6.04 Å². The first-order valence-corrected chi connectivity index (χ1v) is 7.15. The Morgan fingerprint density at radius 1 is 1.22 bits per heavy atom. The Hall–Kier alpha value is -1.06. The van der Waals surface area contributed by atoms with Gasteiger partial charge in [-0.25, -0.2) is 4.79 Å². The van der Waals surface area contributed by atoms with E-state index in [9.17, 15) is 14.7 Å². The van der Waals surface area contributed by atoms with Gasteiger partial charge in [0.05, 0.1) is 0 Å². The largest absolute Gasteiger partial charge is 0.480 e. The molecule has 1 aliphatic rings. The normalized spacial score (nSPS) is 20.2. The average Bonchev–Trinajstić information content (AvgIpc) is 2.37. The Bertz CT molecular complexity index is 285. The van der Waals surface area contributed by atoms with E-state index in [0.29, 0.717) is 13.0 Å². The van der Waals surface area contributed by atoms with Crippen LogP contribution in [0, 0.1) is 5.92 Å². The summed E-state index contributed by atoms with van der Waals surface area (Å²) >= 11 is 0. The number of piperidine rings is 1. The standard InChI is InChI=1S/C14H25NO3/c1-3-7-11(8-4-2)13(16)15-10-6-5-9-12(15)14(17)18/h11-12H,3-10H2,1-2H3,(H,17,18)/t12-/m0/s1. The second kappa shape index (κ2) is 7.39. The van der Waals surface area contributed by atoms with Crippen molar-refractivity contribution >= 4 is 11.9 Å². The molecule has 0 aliphatic carbocycles. The van der Waals surface area contributed by atoms with Crippen LogP contribution in [0.3, 0.4) is 0 Å². The molecule has 1 amide bonds. The topological polar surface area (TPSA) is 57.6 Å². The zero-order chi connectivity index (χ0) is 13.5. The molecule has 4 nitrogen and oxygen atoms in total. The fourth-order valence-corrected chi connectivity index (χ4v) is 2.77. The molecule has 0 aromatic heterocycles. The summed E-state index contributed by atoms with van der Waals surface area (Å²) in [5.41, 5.74) is 0. The van der Waals surface area contributed by atoms with E-state index in [1.54, 1.807) is 4.90 Å². The Morgan fingerprint density at radius 2 is 1.83 bits per heavy atom. The molecule has 1 atom stereocenters. The fraction of sp³-hybridized carbons (Fsp3) is 0.857. The first-order valence-electron chi connectivity index (χ1n) is 7.15. The van der Waals surface area contributed by atoms with Crippen LogP contribution in [0.25, 0.3) is 0 Å². The van der Waals surface area contributed by atoms with E-state index in [1.807, 2.05) is 0 Å². The van der Waals surface area contributed by atoms with Crippen molar-refractivity contribution in [2.75, 3.05) is 6.54 Å². The molecular weight excluding hydrogens is 230 g/mol. The van der Waals surface area contributed by atoms with Crippen LogP contribution in [0.5, 0.6) is 0 Å². The number of hydrogen-bond donors (Lipinski definition) is 1. The highest BCUT2D eigenvalue weighted by atomic mass is 16.4. The summed E-state index contributed by atoms with van der Waals surface area (Å²) < 4.78 is 0. The van der Waals surface area contributed by atoms with Crippen molar-refractivity contribution in [1.29, 1.82) is 0 Å². The number of carboxylic acid groups (broad SMARTS) is 1. The van der Waals surface area contributed by atoms with Crippen LogP contribution in [-0.2, 0) is 9.59 Å². The summed E-state index contributed by atoms with van der Waals surface area (Å²) in [6.07, 6.45) is 6.13. The Morgan fingerprint density at radius 3 is 2.33 bits per heavy atom. The van der Waals surface area contributed by atoms with E-state index in [4.69, 9.17) is 0 Å². The fourth-order valence-electron chi connectivity index (χ4n) is 2.77. The van der Waals surface area contributed by atoms with E-state index < -0.39 is 12.0 Å². The quantitative estimate of drug-likeness (QED) is 0.793. The predicted octanol–water partition coefficient (Wildman–Crippen LogP) is 2.67. The minimum atomic E-state index is -0.852. The average molecular weight is 255 g/mol. The number of aliphatic carboxylic acids is 1. The molecule has 0 unspecified atom stereocenters. The Labute approximate surface area is 109 Å². The van der Waals surface area contributed by atoms with Crippen LogP contribution in [0.15, 0.2) is 0 Å². The van der Waals surface area contributed by atoms with Gasteiger partial charge in [0, 0.05) is 12.5 Å². The number of carboxylic acids is 1. The van der Waals surface area contributed by atoms with Gasteiger partial charge in [-0.1, -0.05) is 26.7 Å². The minimum Gasteiger partial charge on any atom is -0.480 e. The first-order chi connectivity index (χ1) is 8.61. The maximum Gasteiger partial charge on any atom is 0.326 e. The molecule has 0 radical (unpaired) electrons. The molecule has 0 aromatic carbocycles. The third-order valence-corrected chi connectivity index (χ3v) is 3.69. The number of hydrogen-bond acceptors (Lipinski definition) is 2. The summed E-state index contributed by atoms with van der Waals surface area (Å²) in [6, 6.07) is -0.595. The van der Waals surface area contributed by atoms with Crippen molar-refractivity contribution in [1.82, 2.24) is 4.90 Å². The molecule has 1 fully saturated rings. The number of amides is 1. The Kier molecular flexibility index (Phi) is 6.16. The van der Waals surface area contributed by atoms with Crippen molar-refractivity contribution in [3.05, 3.63) is 0 Å². The zero-order valence-corrected chi connectivity index (χ0v) is 11.5. The van der Waals surface area contributed by atoms with Gasteiger partial charge >= 0.3 is 5.97 Å². The lowest BCUT2D eigenvalue weighted by Gasteiger charge is -2.35. The van der Waals surface area contributed by atoms with Crippen LogP contribution in [0.1, 0.15) is 58.8 Å². The third kappa shape index (κ3) is 3.72. The molecule has 1 heterocycles. The molecule has 18 heavy (non-hydrogen) atoms. The molecule has 1 aliphatic heterocycles.